The van der Waals surface area contributed by atoms with E-state index in [2.05, 4.69) is 4.98 Å². The van der Waals surface area contributed by atoms with Crippen LogP contribution in [0.5, 0.6) is 5.88 Å². The van der Waals surface area contributed by atoms with Crippen molar-refractivity contribution < 1.29 is 5.11 Å². The van der Waals surface area contributed by atoms with Gasteiger partial charge in [0.1, 0.15) is 0 Å². The largest absolute Gasteiger partial charge is 0.495 e. The van der Waals surface area contributed by atoms with Crippen LogP contribution in [0.1, 0.15) is 5.56 Å². The van der Waals surface area contributed by atoms with E-state index in [0.717, 1.165) is 5.56 Å². The van der Waals surface area contributed by atoms with Crippen molar-refractivity contribution in [3.05, 3.63) is 28.0 Å². The molecule has 64 valence electrons. The van der Waals surface area contributed by atoms with Crippen LogP contribution in [-0.4, -0.2) is 10.1 Å². The summed E-state index contributed by atoms with van der Waals surface area (Å²) in [5, 5.41) is 8.74. The first-order valence-electron chi connectivity index (χ1n) is 2.58. The Morgan fingerprint density at radius 2 is 1.91 bits per heavy atom. The number of aromatic amines is 1. The molecule has 0 unspecified atom stereocenters. The molecule has 0 saturated carbocycles. The number of aromatic hydroxyl groups is 1. The third-order valence-electron chi connectivity index (χ3n) is 0.974. The Kier molecular flexibility index (Phi) is 5.94. The number of aryl methyl sites for hydroxylation is 1. The second-order valence-corrected chi connectivity index (χ2v) is 1.91. The number of pyridine rings is 1. The predicted octanol–water partition coefficient (Wildman–Crippen LogP) is 1.23. The Labute approximate surface area is 76.3 Å². The van der Waals surface area contributed by atoms with Gasteiger partial charge < -0.3 is 5.11 Å². The van der Waals surface area contributed by atoms with Crippen molar-refractivity contribution in [2.24, 2.45) is 0 Å². The molecule has 0 saturated heterocycles. The molecule has 0 aromatic carbocycles. The number of hydrogen-bond acceptors (Lipinski definition) is 2. The smallest absolute Gasteiger partial charge is 0.250 e. The summed E-state index contributed by atoms with van der Waals surface area (Å²) in [6.45, 7) is 1.74. The molecule has 2 N–H and O–H groups in total. The van der Waals surface area contributed by atoms with Crippen molar-refractivity contribution in [3.63, 3.8) is 0 Å². The summed E-state index contributed by atoms with van der Waals surface area (Å²) in [6, 6.07) is 2.90. The van der Waals surface area contributed by atoms with Crippen molar-refractivity contribution in [1.82, 2.24) is 4.98 Å². The predicted molar refractivity (Wildman–Crippen MR) is 48.0 cm³/mol. The molecule has 1 heterocycles. The van der Waals surface area contributed by atoms with Gasteiger partial charge in [0.05, 0.1) is 0 Å². The van der Waals surface area contributed by atoms with Gasteiger partial charge in [-0.15, -0.1) is 24.8 Å². The molecule has 0 aliphatic carbocycles. The van der Waals surface area contributed by atoms with Crippen LogP contribution in [0.4, 0.5) is 0 Å². The summed E-state index contributed by atoms with van der Waals surface area (Å²) < 4.78 is 0. The Hall–Kier alpha value is -0.670. The second kappa shape index (κ2) is 5.04. The highest BCUT2D eigenvalue weighted by molar-refractivity contribution is 5.85. The van der Waals surface area contributed by atoms with Gasteiger partial charge in [-0.1, -0.05) is 0 Å². The number of H-pyrrole nitrogens is 1. The van der Waals surface area contributed by atoms with Crippen LogP contribution in [-0.2, 0) is 0 Å². The van der Waals surface area contributed by atoms with E-state index >= 15 is 0 Å². The Balaban J connectivity index is 0. The van der Waals surface area contributed by atoms with Gasteiger partial charge in [0.25, 0.3) is 5.56 Å². The summed E-state index contributed by atoms with van der Waals surface area (Å²) in [5.41, 5.74) is 0.490. The highest BCUT2D eigenvalue weighted by atomic mass is 35.5. The fraction of sp³-hybridized carbons (Fsp3) is 0.167. The van der Waals surface area contributed by atoms with E-state index in [-0.39, 0.29) is 36.3 Å². The first-order chi connectivity index (χ1) is 4.18. The topological polar surface area (TPSA) is 53.1 Å². The van der Waals surface area contributed by atoms with Crippen LogP contribution >= 0.6 is 24.8 Å². The van der Waals surface area contributed by atoms with Gasteiger partial charge in [-0.05, 0) is 12.5 Å². The normalized spacial score (nSPS) is 7.73. The lowest BCUT2D eigenvalue weighted by Crippen LogP contribution is -2.02. The molecule has 0 spiro atoms. The van der Waals surface area contributed by atoms with E-state index in [1.165, 1.54) is 12.1 Å². The molecular formula is C6H9Cl2NO2. The van der Waals surface area contributed by atoms with Gasteiger partial charge in [-0.25, -0.2) is 0 Å². The average Bonchev–Trinajstić information content (AvgIpc) is 1.59. The minimum atomic E-state index is -0.271. The van der Waals surface area contributed by atoms with Gasteiger partial charge in [0.2, 0.25) is 0 Å². The summed E-state index contributed by atoms with van der Waals surface area (Å²) >= 11 is 0. The van der Waals surface area contributed by atoms with Crippen molar-refractivity contribution in [2.75, 3.05) is 0 Å². The van der Waals surface area contributed by atoms with Gasteiger partial charge in [0, 0.05) is 12.1 Å². The summed E-state index contributed by atoms with van der Waals surface area (Å²) in [5.74, 6) is -0.0833. The Morgan fingerprint density at radius 3 is 2.27 bits per heavy atom. The van der Waals surface area contributed by atoms with Crippen LogP contribution in [0.15, 0.2) is 16.9 Å². The molecule has 1 aromatic heterocycles. The van der Waals surface area contributed by atoms with Crippen molar-refractivity contribution >= 4 is 24.8 Å². The van der Waals surface area contributed by atoms with Crippen molar-refractivity contribution in [2.45, 2.75) is 6.92 Å². The minimum absolute atomic E-state index is 0. The fourth-order valence-electron chi connectivity index (χ4n) is 0.662. The van der Waals surface area contributed by atoms with Crippen LogP contribution < -0.4 is 5.56 Å². The Morgan fingerprint density at radius 1 is 1.36 bits per heavy atom. The van der Waals surface area contributed by atoms with E-state index in [1.807, 2.05) is 0 Å². The lowest BCUT2D eigenvalue weighted by molar-refractivity contribution is 0.451. The number of nitrogens with one attached hydrogen (secondary N) is 1. The standard InChI is InChI=1S/C6H7NO2.2ClH/c1-4-2-5(8)7-6(9)3-4;;/h2-3H,1H3,(H2,7,8,9);2*1H. The summed E-state index contributed by atoms with van der Waals surface area (Å²) in [6.07, 6.45) is 0. The zero-order valence-corrected chi connectivity index (χ0v) is 7.46. The number of aromatic nitrogens is 1. The number of rotatable bonds is 0. The highest BCUT2D eigenvalue weighted by Gasteiger charge is 1.89. The van der Waals surface area contributed by atoms with Crippen LogP contribution in [0.2, 0.25) is 0 Å². The summed E-state index contributed by atoms with van der Waals surface area (Å²) in [4.78, 5) is 12.7. The van der Waals surface area contributed by atoms with E-state index in [4.69, 9.17) is 5.11 Å². The zero-order chi connectivity index (χ0) is 6.85. The quantitative estimate of drug-likeness (QED) is 0.658. The SMILES string of the molecule is Cc1cc(O)[nH]c(=O)c1.Cl.Cl. The molecule has 0 aliphatic rings. The molecule has 1 aromatic rings. The molecule has 11 heavy (non-hydrogen) atoms. The molecule has 1 rings (SSSR count). The van der Waals surface area contributed by atoms with Crippen molar-refractivity contribution in [1.29, 1.82) is 0 Å². The molecule has 0 fully saturated rings. The van der Waals surface area contributed by atoms with E-state index < -0.39 is 0 Å². The molecule has 3 nitrogen and oxygen atoms in total. The highest BCUT2D eigenvalue weighted by Crippen LogP contribution is 2.00. The van der Waals surface area contributed by atoms with Gasteiger partial charge in [-0.2, -0.15) is 0 Å². The van der Waals surface area contributed by atoms with E-state index in [0.29, 0.717) is 0 Å². The lowest BCUT2D eigenvalue weighted by Gasteiger charge is -1.90. The molecule has 0 bridgehead atoms. The van der Waals surface area contributed by atoms with Gasteiger partial charge in [-0.3, -0.25) is 9.78 Å². The molecular weight excluding hydrogens is 189 g/mol. The Bertz CT molecular complexity index is 248. The molecule has 5 heteroatoms. The third kappa shape index (κ3) is 3.91. The number of halogens is 2. The maximum Gasteiger partial charge on any atom is 0.250 e. The molecule has 0 atom stereocenters. The summed E-state index contributed by atoms with van der Waals surface area (Å²) in [7, 11) is 0. The first-order valence-corrected chi connectivity index (χ1v) is 2.58. The second-order valence-electron chi connectivity index (χ2n) is 1.91. The van der Waals surface area contributed by atoms with Gasteiger partial charge in [0.15, 0.2) is 5.88 Å². The average molecular weight is 198 g/mol. The van der Waals surface area contributed by atoms with Crippen LogP contribution in [0, 0.1) is 6.92 Å². The number of hydrogen-bond donors (Lipinski definition) is 2. The fourth-order valence-corrected chi connectivity index (χ4v) is 0.662. The van der Waals surface area contributed by atoms with Gasteiger partial charge >= 0.3 is 0 Å². The molecule has 0 aliphatic heterocycles. The molecule has 0 radical (unpaired) electrons. The van der Waals surface area contributed by atoms with Crippen LogP contribution in [0.3, 0.4) is 0 Å². The maximum absolute atomic E-state index is 10.5. The maximum atomic E-state index is 10.5. The monoisotopic (exact) mass is 197 g/mol. The lowest BCUT2D eigenvalue weighted by atomic mass is 10.3. The zero-order valence-electron chi connectivity index (χ0n) is 5.83. The van der Waals surface area contributed by atoms with Crippen molar-refractivity contribution in [3.8, 4) is 5.88 Å². The van der Waals surface area contributed by atoms with E-state index in [1.54, 1.807) is 6.92 Å². The molecule has 0 amide bonds. The van der Waals surface area contributed by atoms with Crippen LogP contribution in [0.25, 0.3) is 0 Å². The van der Waals surface area contributed by atoms with E-state index in [9.17, 15) is 4.79 Å². The minimum Gasteiger partial charge on any atom is -0.495 e. The third-order valence-corrected chi connectivity index (χ3v) is 0.974. The first kappa shape index (κ1) is 13.0.